The Morgan fingerprint density at radius 2 is 2.17 bits per heavy atom. The maximum absolute atomic E-state index is 6.32. The number of rotatable bonds is 6. The summed E-state index contributed by atoms with van der Waals surface area (Å²) >= 11 is 8.02. The summed E-state index contributed by atoms with van der Waals surface area (Å²) in [4.78, 5) is 5.83. The smallest absolute Gasteiger partial charge is 0.177 e. The Bertz CT molecular complexity index is 1360. The molecule has 4 heterocycles. The van der Waals surface area contributed by atoms with E-state index >= 15 is 0 Å². The third kappa shape index (κ3) is 3.18. The van der Waals surface area contributed by atoms with E-state index in [9.17, 15) is 0 Å². The van der Waals surface area contributed by atoms with E-state index < -0.39 is 0 Å². The molecule has 150 valence electrons. The van der Waals surface area contributed by atoms with Crippen molar-refractivity contribution in [3.63, 3.8) is 0 Å². The average Bonchev–Trinajstić information content (AvgIpc) is 3.13. The van der Waals surface area contributed by atoms with Crippen LogP contribution in [-0.2, 0) is 6.54 Å². The SMILES string of the molecule is Clc1cc(NCc2cccs2)c2ncc(-c3ccc4c(NC5CC5)noc4c3)n2n1. The second-order valence-corrected chi connectivity index (χ2v) is 8.77. The van der Waals surface area contributed by atoms with Crippen molar-refractivity contribution in [3.05, 3.63) is 58.0 Å². The molecule has 0 atom stereocenters. The topological polar surface area (TPSA) is 80.3 Å². The fourth-order valence-electron chi connectivity index (χ4n) is 3.48. The minimum absolute atomic E-state index is 0.395. The second kappa shape index (κ2) is 7.00. The van der Waals surface area contributed by atoms with Gasteiger partial charge >= 0.3 is 0 Å². The summed E-state index contributed by atoms with van der Waals surface area (Å²) in [6.45, 7) is 0.705. The van der Waals surface area contributed by atoms with E-state index in [0.717, 1.165) is 39.4 Å². The predicted molar refractivity (Wildman–Crippen MR) is 119 cm³/mol. The zero-order chi connectivity index (χ0) is 20.1. The molecule has 1 aliphatic carbocycles. The van der Waals surface area contributed by atoms with Crippen molar-refractivity contribution >= 4 is 51.1 Å². The van der Waals surface area contributed by atoms with E-state index in [1.807, 2.05) is 24.3 Å². The van der Waals surface area contributed by atoms with Gasteiger partial charge in [-0.05, 0) is 36.4 Å². The molecule has 2 N–H and O–H groups in total. The van der Waals surface area contributed by atoms with Crippen LogP contribution in [0.3, 0.4) is 0 Å². The zero-order valence-corrected chi connectivity index (χ0v) is 17.4. The highest BCUT2D eigenvalue weighted by Crippen LogP contribution is 2.33. The molecule has 30 heavy (non-hydrogen) atoms. The second-order valence-electron chi connectivity index (χ2n) is 7.35. The van der Waals surface area contributed by atoms with Gasteiger partial charge in [-0.1, -0.05) is 28.9 Å². The molecule has 1 aromatic carbocycles. The lowest BCUT2D eigenvalue weighted by molar-refractivity contribution is 0.459. The zero-order valence-electron chi connectivity index (χ0n) is 15.8. The lowest BCUT2D eigenvalue weighted by Gasteiger charge is -2.08. The van der Waals surface area contributed by atoms with Crippen molar-refractivity contribution in [1.82, 2.24) is 19.8 Å². The van der Waals surface area contributed by atoms with Crippen molar-refractivity contribution in [2.75, 3.05) is 10.6 Å². The van der Waals surface area contributed by atoms with Gasteiger partial charge in [-0.15, -0.1) is 11.3 Å². The first-order valence-corrected chi connectivity index (χ1v) is 11.0. The lowest BCUT2D eigenvalue weighted by Crippen LogP contribution is -2.03. The Balaban J connectivity index is 1.37. The van der Waals surface area contributed by atoms with Gasteiger partial charge in [0.15, 0.2) is 22.2 Å². The first-order chi connectivity index (χ1) is 14.7. The highest BCUT2D eigenvalue weighted by Gasteiger charge is 2.23. The number of hydrogen-bond acceptors (Lipinski definition) is 7. The molecule has 7 nitrogen and oxygen atoms in total. The van der Waals surface area contributed by atoms with Crippen molar-refractivity contribution in [1.29, 1.82) is 0 Å². The molecule has 1 saturated carbocycles. The van der Waals surface area contributed by atoms with Crippen LogP contribution in [0.15, 0.2) is 52.5 Å². The van der Waals surface area contributed by atoms with Gasteiger partial charge in [0.2, 0.25) is 0 Å². The fourth-order valence-corrected chi connectivity index (χ4v) is 4.31. The van der Waals surface area contributed by atoms with Crippen LogP contribution in [0.4, 0.5) is 11.5 Å². The molecule has 0 aliphatic heterocycles. The van der Waals surface area contributed by atoms with Gasteiger partial charge in [0.1, 0.15) is 0 Å². The number of thiophene rings is 1. The Hall–Kier alpha value is -3.10. The predicted octanol–water partition coefficient (Wildman–Crippen LogP) is 5.44. The summed E-state index contributed by atoms with van der Waals surface area (Å²) < 4.78 is 7.32. The molecule has 1 fully saturated rings. The highest BCUT2D eigenvalue weighted by molar-refractivity contribution is 7.09. The van der Waals surface area contributed by atoms with Gasteiger partial charge in [-0.3, -0.25) is 0 Å². The number of hydrogen-bond donors (Lipinski definition) is 2. The van der Waals surface area contributed by atoms with Gasteiger partial charge in [-0.25, -0.2) is 9.50 Å². The molecule has 0 amide bonds. The Labute approximate surface area is 180 Å². The molecule has 0 spiro atoms. The quantitative estimate of drug-likeness (QED) is 0.369. The minimum atomic E-state index is 0.395. The first-order valence-electron chi connectivity index (χ1n) is 9.71. The van der Waals surface area contributed by atoms with Gasteiger partial charge < -0.3 is 15.2 Å². The number of fused-ring (bicyclic) bond motifs is 2. The van der Waals surface area contributed by atoms with Gasteiger partial charge in [0.25, 0.3) is 0 Å². The third-order valence-corrected chi connectivity index (χ3v) is 6.22. The summed E-state index contributed by atoms with van der Waals surface area (Å²) in [5.41, 5.74) is 4.06. The van der Waals surface area contributed by atoms with Gasteiger partial charge in [0.05, 0.1) is 23.0 Å². The van der Waals surface area contributed by atoms with Crippen molar-refractivity contribution in [2.45, 2.75) is 25.4 Å². The van der Waals surface area contributed by atoms with E-state index in [2.05, 4.69) is 37.3 Å². The molecular formula is C21H17ClN6OS. The van der Waals surface area contributed by atoms with Crippen LogP contribution in [0.1, 0.15) is 17.7 Å². The lowest BCUT2D eigenvalue weighted by atomic mass is 10.1. The number of imidazole rings is 1. The van der Waals surface area contributed by atoms with E-state index in [-0.39, 0.29) is 0 Å². The number of benzene rings is 1. The molecule has 1 aliphatic rings. The molecule has 0 bridgehead atoms. The molecule has 0 radical (unpaired) electrons. The maximum atomic E-state index is 6.32. The molecule has 0 unspecified atom stereocenters. The number of nitrogens with zero attached hydrogens (tertiary/aromatic N) is 4. The van der Waals surface area contributed by atoms with Crippen LogP contribution in [0.25, 0.3) is 27.9 Å². The largest absolute Gasteiger partial charge is 0.377 e. The molecule has 4 aromatic heterocycles. The molecule has 5 aromatic rings. The summed E-state index contributed by atoms with van der Waals surface area (Å²) in [7, 11) is 0. The van der Waals surface area contributed by atoms with Gasteiger partial charge in [0, 0.05) is 29.1 Å². The molecular weight excluding hydrogens is 420 g/mol. The highest BCUT2D eigenvalue weighted by atomic mass is 35.5. The van der Waals surface area contributed by atoms with Crippen LogP contribution in [-0.4, -0.2) is 25.8 Å². The van der Waals surface area contributed by atoms with Crippen LogP contribution in [0, 0.1) is 0 Å². The number of nitrogens with one attached hydrogen (secondary N) is 2. The summed E-state index contributed by atoms with van der Waals surface area (Å²) in [6.07, 6.45) is 4.17. The van der Waals surface area contributed by atoms with Crippen LogP contribution in [0.2, 0.25) is 5.15 Å². The van der Waals surface area contributed by atoms with E-state index in [1.54, 1.807) is 28.1 Å². The summed E-state index contributed by atoms with van der Waals surface area (Å²) in [5, 5.41) is 18.9. The van der Waals surface area contributed by atoms with Gasteiger partial charge in [-0.2, -0.15) is 5.10 Å². The first kappa shape index (κ1) is 17.7. The van der Waals surface area contributed by atoms with E-state index in [4.69, 9.17) is 16.1 Å². The van der Waals surface area contributed by atoms with Crippen LogP contribution < -0.4 is 10.6 Å². The maximum Gasteiger partial charge on any atom is 0.177 e. The molecule has 6 rings (SSSR count). The van der Waals surface area contributed by atoms with Crippen LogP contribution in [0.5, 0.6) is 0 Å². The van der Waals surface area contributed by atoms with Crippen molar-refractivity contribution < 1.29 is 4.52 Å². The molecule has 9 heteroatoms. The van der Waals surface area contributed by atoms with E-state index in [1.165, 1.54) is 17.7 Å². The normalized spacial score (nSPS) is 13.9. The Morgan fingerprint density at radius 3 is 3.00 bits per heavy atom. The van der Waals surface area contributed by atoms with Crippen LogP contribution >= 0.6 is 22.9 Å². The number of anilines is 2. The van der Waals surface area contributed by atoms with E-state index in [0.29, 0.717) is 17.7 Å². The van der Waals surface area contributed by atoms with Crippen molar-refractivity contribution in [3.8, 4) is 11.3 Å². The summed E-state index contributed by atoms with van der Waals surface area (Å²) in [5.74, 6) is 0.804. The summed E-state index contributed by atoms with van der Waals surface area (Å²) in [6, 6.07) is 12.5. The fraction of sp³-hybridized carbons (Fsp3) is 0.190. The third-order valence-electron chi connectivity index (χ3n) is 5.16. The average molecular weight is 437 g/mol. The monoisotopic (exact) mass is 436 g/mol. The number of aromatic nitrogens is 4. The Kier molecular flexibility index (Phi) is 4.14. The standard InChI is InChI=1S/C21H17ClN6OS/c22-19-9-16(23-10-14-2-1-7-30-14)21-24-11-17(28(21)26-19)12-3-6-15-18(8-12)29-27-20(15)25-13-4-5-13/h1-3,6-9,11,13,23H,4-5,10H2,(H,25,27). The molecule has 0 saturated heterocycles. The van der Waals surface area contributed by atoms with Crippen molar-refractivity contribution in [2.24, 2.45) is 0 Å². The minimum Gasteiger partial charge on any atom is -0.377 e. The number of halogens is 1. The Morgan fingerprint density at radius 1 is 1.23 bits per heavy atom.